The maximum atomic E-state index is 2.55. The monoisotopic (exact) mass is 918 g/mol. The molecule has 1 heterocycles. The lowest BCUT2D eigenvalue weighted by atomic mass is 9.87. The predicted octanol–water partition coefficient (Wildman–Crippen LogP) is 16.8. The Bertz CT molecular complexity index is 3710. The molecule has 0 fully saturated rings. The van der Waals surface area contributed by atoms with Crippen LogP contribution in [0.2, 0.25) is 32.7 Å². The van der Waals surface area contributed by atoms with Crippen molar-refractivity contribution >= 4 is 98.1 Å². The molecule has 0 saturated heterocycles. The molecule has 2 nitrogen and oxygen atoms in total. The van der Waals surface area contributed by atoms with Crippen molar-refractivity contribution in [2.45, 2.75) is 32.7 Å². The molecule has 4 heteroatoms. The summed E-state index contributed by atoms with van der Waals surface area (Å²) in [5.74, 6) is 0. The first-order valence-electron chi connectivity index (χ1n) is 24.3. The molecule has 0 bridgehead atoms. The van der Waals surface area contributed by atoms with Gasteiger partial charge in [0.25, 0.3) is 0 Å². The minimum Gasteiger partial charge on any atom is -0.311 e. The standard InChI is InChI=1S/C65H54N2Si2/c1-68(2,3)52-39-36-49(37-40-52)66(47-22-11-7-12-23-47)51-38-41-56-61-44-59-55-28-16-15-27-54(55)58(43-60(59)57-29-19-31-63(65(57)61)69(4,5)64(56)42-51)46-32-34-50(35-33-46)67(48-24-13-8-14-25-48)62-30-18-17-26-53(62)45-20-9-6-10-21-45/h6-44H,1-5H3. The maximum absolute atomic E-state index is 2.55. The Morgan fingerprint density at radius 3 is 1.52 bits per heavy atom. The Morgan fingerprint density at radius 2 is 0.826 bits per heavy atom. The molecule has 11 aromatic carbocycles. The summed E-state index contributed by atoms with van der Waals surface area (Å²) < 4.78 is 0. The van der Waals surface area contributed by atoms with Crippen molar-refractivity contribution in [3.8, 4) is 33.4 Å². The van der Waals surface area contributed by atoms with E-state index in [0.717, 1.165) is 17.1 Å². The van der Waals surface area contributed by atoms with Crippen molar-refractivity contribution in [2.24, 2.45) is 0 Å². The van der Waals surface area contributed by atoms with Gasteiger partial charge in [0.2, 0.25) is 0 Å². The minimum atomic E-state index is -2.22. The first-order valence-corrected chi connectivity index (χ1v) is 30.8. The second kappa shape index (κ2) is 16.8. The Balaban J connectivity index is 1.000. The second-order valence-electron chi connectivity index (χ2n) is 20.1. The van der Waals surface area contributed by atoms with Gasteiger partial charge in [-0.1, -0.05) is 196 Å². The van der Waals surface area contributed by atoms with Crippen LogP contribution in [-0.2, 0) is 0 Å². The van der Waals surface area contributed by atoms with Crippen LogP contribution in [0.1, 0.15) is 0 Å². The van der Waals surface area contributed by atoms with E-state index in [1.165, 1.54) is 98.3 Å². The predicted molar refractivity (Wildman–Crippen MR) is 304 cm³/mol. The Labute approximate surface area is 408 Å². The van der Waals surface area contributed by atoms with Gasteiger partial charge in [-0.2, -0.15) is 0 Å². The number of fused-ring (bicyclic) bond motifs is 6. The lowest BCUT2D eigenvalue weighted by molar-refractivity contribution is 1.28. The zero-order valence-corrected chi connectivity index (χ0v) is 41.9. The molecule has 1 aliphatic heterocycles. The van der Waals surface area contributed by atoms with Gasteiger partial charge < -0.3 is 9.80 Å². The highest BCUT2D eigenvalue weighted by Crippen LogP contribution is 2.46. The highest BCUT2D eigenvalue weighted by molar-refractivity contribution is 7.03. The fraction of sp³-hybridized carbons (Fsp3) is 0.0769. The Hall–Kier alpha value is -7.77. The highest BCUT2D eigenvalue weighted by Gasteiger charge is 2.37. The van der Waals surface area contributed by atoms with E-state index in [2.05, 4.69) is 279 Å². The third kappa shape index (κ3) is 7.30. The van der Waals surface area contributed by atoms with E-state index in [-0.39, 0.29) is 0 Å². The summed E-state index contributed by atoms with van der Waals surface area (Å²) in [6, 6.07) is 88.1. The maximum Gasteiger partial charge on any atom is 0.113 e. The van der Waals surface area contributed by atoms with E-state index in [9.17, 15) is 0 Å². The van der Waals surface area contributed by atoms with Gasteiger partial charge in [-0.3, -0.25) is 0 Å². The molecule has 0 amide bonds. The topological polar surface area (TPSA) is 6.48 Å². The molecule has 11 aromatic rings. The average molecular weight is 919 g/mol. The number of para-hydroxylation sites is 3. The van der Waals surface area contributed by atoms with Crippen LogP contribution in [0.25, 0.3) is 65.7 Å². The molecule has 1 aliphatic rings. The molecule has 0 N–H and O–H groups in total. The van der Waals surface area contributed by atoms with Crippen LogP contribution in [0.15, 0.2) is 237 Å². The first kappa shape index (κ1) is 42.6. The third-order valence-corrected chi connectivity index (χ3v) is 20.2. The molecule has 332 valence electrons. The van der Waals surface area contributed by atoms with Crippen LogP contribution in [0.4, 0.5) is 34.1 Å². The molecule has 69 heavy (non-hydrogen) atoms. The normalized spacial score (nSPS) is 12.8. The first-order chi connectivity index (χ1) is 33.6. The molecule has 12 rings (SSSR count). The Morgan fingerprint density at radius 1 is 0.319 bits per heavy atom. The average Bonchev–Trinajstić information content (AvgIpc) is 3.39. The van der Waals surface area contributed by atoms with Crippen LogP contribution in [0.5, 0.6) is 0 Å². The molecule has 0 radical (unpaired) electrons. The summed E-state index contributed by atoms with van der Waals surface area (Å²) in [5, 5.41) is 12.3. The fourth-order valence-electron chi connectivity index (χ4n) is 11.1. The lowest BCUT2D eigenvalue weighted by Crippen LogP contribution is -2.56. The van der Waals surface area contributed by atoms with Crippen LogP contribution < -0.4 is 25.4 Å². The zero-order valence-electron chi connectivity index (χ0n) is 39.9. The van der Waals surface area contributed by atoms with Gasteiger partial charge in [0, 0.05) is 34.0 Å². The van der Waals surface area contributed by atoms with Gasteiger partial charge >= 0.3 is 0 Å². The molecule has 0 aromatic heterocycles. The van der Waals surface area contributed by atoms with Crippen molar-refractivity contribution in [3.05, 3.63) is 237 Å². The van der Waals surface area contributed by atoms with Crippen LogP contribution in [-0.4, -0.2) is 16.1 Å². The SMILES string of the molecule is C[Si](C)(C)c1ccc(N(c2ccccc2)c2ccc3c(c2)[Si](C)(C)c2cccc4c2c-3cc2c3ccccc3c(-c3ccc(N(c5ccccc5)c5ccccc5-c5ccccc5)cc3)cc42)cc1. The Kier molecular flexibility index (Phi) is 10.4. The largest absolute Gasteiger partial charge is 0.311 e. The third-order valence-electron chi connectivity index (χ3n) is 14.6. The quantitative estimate of drug-likeness (QED) is 0.105. The number of nitrogens with zero attached hydrogens (tertiary/aromatic N) is 2. The number of hydrogen-bond acceptors (Lipinski definition) is 2. The molecule has 0 spiro atoms. The van der Waals surface area contributed by atoms with Gasteiger partial charge in [-0.05, 0) is 149 Å². The van der Waals surface area contributed by atoms with Crippen molar-refractivity contribution in [3.63, 3.8) is 0 Å². The summed E-state index contributed by atoms with van der Waals surface area (Å²) in [6.45, 7) is 12.4. The van der Waals surface area contributed by atoms with Gasteiger partial charge in [0.1, 0.15) is 8.07 Å². The molecule has 0 saturated carbocycles. The molecular formula is C65H54N2Si2. The van der Waals surface area contributed by atoms with Crippen molar-refractivity contribution in [2.75, 3.05) is 9.80 Å². The summed E-state index contributed by atoms with van der Waals surface area (Å²) in [7, 11) is -3.67. The second-order valence-corrected chi connectivity index (χ2v) is 29.5. The van der Waals surface area contributed by atoms with Crippen molar-refractivity contribution in [1.82, 2.24) is 0 Å². The molecule has 0 atom stereocenters. The van der Waals surface area contributed by atoms with Gasteiger partial charge in [0.05, 0.1) is 13.8 Å². The van der Waals surface area contributed by atoms with E-state index in [1.807, 2.05) is 0 Å². The molecule has 0 aliphatic carbocycles. The fourth-order valence-corrected chi connectivity index (χ4v) is 15.3. The van der Waals surface area contributed by atoms with E-state index in [0.29, 0.717) is 0 Å². The van der Waals surface area contributed by atoms with Crippen molar-refractivity contribution in [1.29, 1.82) is 0 Å². The number of anilines is 6. The lowest BCUT2D eigenvalue weighted by Gasteiger charge is -2.36. The zero-order chi connectivity index (χ0) is 46.9. The number of hydrogen-bond donors (Lipinski definition) is 0. The summed E-state index contributed by atoms with van der Waals surface area (Å²) in [6.07, 6.45) is 0. The highest BCUT2D eigenvalue weighted by atomic mass is 28.3. The van der Waals surface area contributed by atoms with Crippen LogP contribution in [0.3, 0.4) is 0 Å². The van der Waals surface area contributed by atoms with Gasteiger partial charge in [0.15, 0.2) is 0 Å². The van der Waals surface area contributed by atoms with Crippen LogP contribution >= 0.6 is 0 Å². The van der Waals surface area contributed by atoms with Crippen LogP contribution in [0, 0.1) is 0 Å². The van der Waals surface area contributed by atoms with E-state index >= 15 is 0 Å². The summed E-state index contributed by atoms with van der Waals surface area (Å²) >= 11 is 0. The van der Waals surface area contributed by atoms with Gasteiger partial charge in [-0.25, -0.2) is 0 Å². The summed E-state index contributed by atoms with van der Waals surface area (Å²) in [4.78, 5) is 4.83. The van der Waals surface area contributed by atoms with Gasteiger partial charge in [-0.15, -0.1) is 0 Å². The van der Waals surface area contributed by atoms with E-state index in [1.54, 1.807) is 0 Å². The summed E-state index contributed by atoms with van der Waals surface area (Å²) in [5.41, 5.74) is 14.5. The number of rotatable bonds is 9. The smallest absolute Gasteiger partial charge is 0.113 e. The molecular weight excluding hydrogens is 865 g/mol. The van der Waals surface area contributed by atoms with E-state index < -0.39 is 16.1 Å². The van der Waals surface area contributed by atoms with Crippen molar-refractivity contribution < 1.29 is 0 Å². The molecule has 0 unspecified atom stereocenters. The van der Waals surface area contributed by atoms with E-state index in [4.69, 9.17) is 0 Å². The number of benzene rings is 11. The minimum absolute atomic E-state index is 1.11.